The van der Waals surface area contributed by atoms with E-state index in [1.807, 2.05) is 0 Å². The fourth-order valence-corrected chi connectivity index (χ4v) is 2.04. The quantitative estimate of drug-likeness (QED) is 0.744. The Morgan fingerprint density at radius 2 is 1.80 bits per heavy atom. The molecule has 4 nitrogen and oxygen atoms in total. The lowest BCUT2D eigenvalue weighted by atomic mass is 10.0. The fraction of sp³-hybridized carbons (Fsp3) is 0.0769. The van der Waals surface area contributed by atoms with E-state index in [0.29, 0.717) is 5.65 Å². The van der Waals surface area contributed by atoms with Crippen LogP contribution < -0.4 is 5.73 Å². The third-order valence-corrected chi connectivity index (χ3v) is 2.92. The van der Waals surface area contributed by atoms with Crippen LogP contribution in [-0.4, -0.2) is 14.6 Å². The standard InChI is InChI=1S/C13H9F3N4/c14-13(15,16)9-5-2-1-4-8(9)11-12(17)20-10(19-11)6-3-7-18-20/h1-7H,17H2. The molecule has 2 N–H and O–H groups in total. The first kappa shape index (κ1) is 12.5. The van der Waals surface area contributed by atoms with Crippen LogP contribution in [0.15, 0.2) is 42.6 Å². The lowest BCUT2D eigenvalue weighted by Gasteiger charge is -2.11. The number of alkyl halides is 3. The number of aromatic nitrogens is 3. The molecule has 0 saturated heterocycles. The molecule has 0 radical (unpaired) electrons. The van der Waals surface area contributed by atoms with Gasteiger partial charge in [-0.25, -0.2) is 4.98 Å². The van der Waals surface area contributed by atoms with E-state index in [2.05, 4.69) is 10.1 Å². The van der Waals surface area contributed by atoms with Crippen molar-refractivity contribution < 1.29 is 13.2 Å². The van der Waals surface area contributed by atoms with Crippen molar-refractivity contribution in [1.82, 2.24) is 14.6 Å². The average molecular weight is 278 g/mol. The third kappa shape index (κ3) is 1.87. The van der Waals surface area contributed by atoms with E-state index in [9.17, 15) is 13.2 Å². The molecule has 0 spiro atoms. The number of benzene rings is 1. The zero-order chi connectivity index (χ0) is 14.3. The van der Waals surface area contributed by atoms with Gasteiger partial charge in [-0.05, 0) is 18.2 Å². The Bertz CT molecular complexity index is 777. The van der Waals surface area contributed by atoms with Crippen LogP contribution in [0.25, 0.3) is 16.9 Å². The number of hydrogen-bond acceptors (Lipinski definition) is 3. The normalized spacial score (nSPS) is 11.9. The Balaban J connectivity index is 2.29. The van der Waals surface area contributed by atoms with Crippen LogP contribution in [0.4, 0.5) is 19.0 Å². The van der Waals surface area contributed by atoms with Crippen molar-refractivity contribution in [2.24, 2.45) is 0 Å². The van der Waals surface area contributed by atoms with Crippen molar-refractivity contribution in [2.75, 3.05) is 5.73 Å². The monoisotopic (exact) mass is 278 g/mol. The molecule has 0 aliphatic carbocycles. The topological polar surface area (TPSA) is 56.2 Å². The zero-order valence-corrected chi connectivity index (χ0v) is 10.1. The number of nitrogens with two attached hydrogens (primary N) is 1. The Labute approximate surface area is 111 Å². The van der Waals surface area contributed by atoms with Crippen molar-refractivity contribution in [3.63, 3.8) is 0 Å². The SMILES string of the molecule is Nc1c(-c2ccccc2C(F)(F)F)nc2cccnn12. The molecule has 3 aromatic rings. The summed E-state index contributed by atoms with van der Waals surface area (Å²) in [7, 11) is 0. The molecule has 0 aliphatic heterocycles. The molecular weight excluding hydrogens is 269 g/mol. The van der Waals surface area contributed by atoms with E-state index in [1.54, 1.807) is 12.1 Å². The predicted molar refractivity (Wildman–Crippen MR) is 67.8 cm³/mol. The van der Waals surface area contributed by atoms with Gasteiger partial charge < -0.3 is 5.73 Å². The number of halogens is 3. The van der Waals surface area contributed by atoms with Gasteiger partial charge in [-0.1, -0.05) is 18.2 Å². The lowest BCUT2D eigenvalue weighted by Crippen LogP contribution is -2.07. The minimum atomic E-state index is -4.47. The lowest BCUT2D eigenvalue weighted by molar-refractivity contribution is -0.137. The smallest absolute Gasteiger partial charge is 0.382 e. The van der Waals surface area contributed by atoms with Gasteiger partial charge in [0.15, 0.2) is 11.5 Å². The first-order valence-corrected chi connectivity index (χ1v) is 5.74. The van der Waals surface area contributed by atoms with Gasteiger partial charge in [0.25, 0.3) is 0 Å². The second-order valence-corrected chi connectivity index (χ2v) is 4.18. The molecule has 1 aromatic carbocycles. The van der Waals surface area contributed by atoms with Crippen LogP contribution in [0, 0.1) is 0 Å². The Morgan fingerprint density at radius 3 is 2.50 bits per heavy atom. The van der Waals surface area contributed by atoms with Crippen LogP contribution >= 0.6 is 0 Å². The number of hydrogen-bond donors (Lipinski definition) is 1. The summed E-state index contributed by atoms with van der Waals surface area (Å²) >= 11 is 0. The molecule has 0 amide bonds. The van der Waals surface area contributed by atoms with E-state index < -0.39 is 11.7 Å². The maximum absolute atomic E-state index is 13.0. The number of rotatable bonds is 1. The van der Waals surface area contributed by atoms with Gasteiger partial charge in [-0.2, -0.15) is 22.8 Å². The number of imidazole rings is 1. The fourth-order valence-electron chi connectivity index (χ4n) is 2.04. The van der Waals surface area contributed by atoms with Gasteiger partial charge in [0.1, 0.15) is 5.69 Å². The van der Waals surface area contributed by atoms with E-state index in [0.717, 1.165) is 6.07 Å². The molecule has 0 fully saturated rings. The first-order valence-electron chi connectivity index (χ1n) is 5.74. The number of fused-ring (bicyclic) bond motifs is 1. The van der Waals surface area contributed by atoms with Crippen molar-refractivity contribution in [2.45, 2.75) is 6.18 Å². The van der Waals surface area contributed by atoms with Gasteiger partial charge in [0, 0.05) is 11.8 Å². The van der Waals surface area contributed by atoms with Gasteiger partial charge in [0.05, 0.1) is 5.56 Å². The van der Waals surface area contributed by atoms with E-state index in [1.165, 1.54) is 28.9 Å². The molecule has 0 atom stereocenters. The van der Waals surface area contributed by atoms with Gasteiger partial charge >= 0.3 is 6.18 Å². The van der Waals surface area contributed by atoms with Crippen molar-refractivity contribution in [1.29, 1.82) is 0 Å². The summed E-state index contributed by atoms with van der Waals surface area (Å²) < 4.78 is 40.4. The molecule has 3 rings (SSSR count). The highest BCUT2D eigenvalue weighted by Gasteiger charge is 2.34. The minimum absolute atomic E-state index is 0.0528. The molecule has 2 aromatic heterocycles. The maximum Gasteiger partial charge on any atom is 0.417 e. The Kier molecular flexibility index (Phi) is 2.63. The molecule has 102 valence electrons. The summed E-state index contributed by atoms with van der Waals surface area (Å²) in [6.45, 7) is 0. The van der Waals surface area contributed by atoms with E-state index >= 15 is 0 Å². The molecular formula is C13H9F3N4. The highest BCUT2D eigenvalue weighted by molar-refractivity contribution is 5.77. The highest BCUT2D eigenvalue weighted by atomic mass is 19.4. The van der Waals surface area contributed by atoms with Crippen LogP contribution in [-0.2, 0) is 6.18 Å². The van der Waals surface area contributed by atoms with Gasteiger partial charge in [0.2, 0.25) is 0 Å². The van der Waals surface area contributed by atoms with Gasteiger partial charge in [-0.15, -0.1) is 0 Å². The molecule has 7 heteroatoms. The summed E-state index contributed by atoms with van der Waals surface area (Å²) in [5.41, 5.74) is 5.51. The second kappa shape index (κ2) is 4.22. The summed E-state index contributed by atoms with van der Waals surface area (Å²) in [6, 6.07) is 8.47. The summed E-state index contributed by atoms with van der Waals surface area (Å²) in [5.74, 6) is 0.0808. The van der Waals surface area contributed by atoms with E-state index in [-0.39, 0.29) is 17.1 Å². The maximum atomic E-state index is 13.0. The molecule has 20 heavy (non-hydrogen) atoms. The first-order chi connectivity index (χ1) is 9.48. The Hall–Kier alpha value is -2.57. The van der Waals surface area contributed by atoms with Crippen molar-refractivity contribution in [3.8, 4) is 11.3 Å². The molecule has 2 heterocycles. The zero-order valence-electron chi connectivity index (χ0n) is 10.1. The van der Waals surface area contributed by atoms with Crippen LogP contribution in [0.1, 0.15) is 5.56 Å². The molecule has 0 unspecified atom stereocenters. The third-order valence-electron chi connectivity index (χ3n) is 2.92. The van der Waals surface area contributed by atoms with Crippen molar-refractivity contribution >= 4 is 11.5 Å². The second-order valence-electron chi connectivity index (χ2n) is 4.18. The summed E-state index contributed by atoms with van der Waals surface area (Å²) in [4.78, 5) is 4.13. The molecule has 0 saturated carbocycles. The predicted octanol–water partition coefficient (Wildman–Crippen LogP) is 3.00. The summed E-state index contributed by atoms with van der Waals surface area (Å²) in [6.07, 6.45) is -2.98. The number of nitrogen functional groups attached to an aromatic ring is 1. The van der Waals surface area contributed by atoms with Crippen molar-refractivity contribution in [3.05, 3.63) is 48.2 Å². The Morgan fingerprint density at radius 1 is 1.05 bits per heavy atom. The van der Waals surface area contributed by atoms with Gasteiger partial charge in [-0.3, -0.25) is 0 Å². The highest BCUT2D eigenvalue weighted by Crippen LogP contribution is 2.38. The van der Waals surface area contributed by atoms with Crippen LogP contribution in [0.5, 0.6) is 0 Å². The largest absolute Gasteiger partial charge is 0.417 e. The number of anilines is 1. The minimum Gasteiger partial charge on any atom is -0.382 e. The van der Waals surface area contributed by atoms with Crippen LogP contribution in [0.2, 0.25) is 0 Å². The van der Waals surface area contributed by atoms with Crippen LogP contribution in [0.3, 0.4) is 0 Å². The molecule has 0 aliphatic rings. The average Bonchev–Trinajstić information content (AvgIpc) is 2.76. The molecule has 0 bridgehead atoms. The van der Waals surface area contributed by atoms with E-state index in [4.69, 9.17) is 5.73 Å². The summed E-state index contributed by atoms with van der Waals surface area (Å²) in [5, 5.41) is 3.97. The number of nitrogens with zero attached hydrogens (tertiary/aromatic N) is 3.